The zero-order chi connectivity index (χ0) is 10.8. The maximum absolute atomic E-state index is 12.8. The van der Waals surface area contributed by atoms with Crippen LogP contribution in [0.25, 0.3) is 0 Å². The molecule has 0 saturated carbocycles. The normalized spacial score (nSPS) is 11.6. The molecule has 0 spiro atoms. The first-order chi connectivity index (χ1) is 6.46. The van der Waals surface area contributed by atoms with Gasteiger partial charge in [-0.25, -0.2) is 8.78 Å². The Balaban J connectivity index is 2.86. The predicted octanol–water partition coefficient (Wildman–Crippen LogP) is 0.454. The number of aromatic nitrogens is 2. The van der Waals surface area contributed by atoms with E-state index in [9.17, 15) is 18.9 Å². The zero-order valence-electron chi connectivity index (χ0n) is 7.04. The van der Waals surface area contributed by atoms with Crippen molar-refractivity contribution in [1.29, 1.82) is 0 Å². The van der Waals surface area contributed by atoms with Crippen molar-refractivity contribution in [2.24, 2.45) is 5.73 Å². The maximum atomic E-state index is 12.8. The van der Waals surface area contributed by atoms with Gasteiger partial charge in [0.15, 0.2) is 0 Å². The second-order valence-electron chi connectivity index (χ2n) is 2.74. The van der Waals surface area contributed by atoms with Crippen LogP contribution in [0.5, 0.6) is 0 Å². The van der Waals surface area contributed by atoms with Crippen LogP contribution >= 0.6 is 0 Å². The number of H-pyrrole nitrogens is 1. The Hall–Kier alpha value is -1.57. The van der Waals surface area contributed by atoms with Crippen LogP contribution in [-0.4, -0.2) is 27.6 Å². The van der Waals surface area contributed by atoms with Crippen LogP contribution in [0.3, 0.4) is 0 Å². The van der Waals surface area contributed by atoms with Crippen LogP contribution in [0, 0.1) is 10.1 Å². The highest BCUT2D eigenvalue weighted by molar-refractivity contribution is 5.30. The van der Waals surface area contributed by atoms with Gasteiger partial charge in [-0.15, -0.1) is 5.10 Å². The molecule has 0 atom stereocenters. The lowest BCUT2D eigenvalue weighted by atomic mass is 10.1. The highest BCUT2D eigenvalue weighted by Crippen LogP contribution is 2.23. The minimum Gasteiger partial charge on any atom is -0.358 e. The van der Waals surface area contributed by atoms with Gasteiger partial charge in [0.2, 0.25) is 0 Å². The molecule has 0 fully saturated rings. The molecule has 1 aromatic heterocycles. The van der Waals surface area contributed by atoms with Crippen LogP contribution in [0.2, 0.25) is 0 Å². The average Bonchev–Trinajstić information content (AvgIpc) is 2.51. The van der Waals surface area contributed by atoms with Gasteiger partial charge in [0.25, 0.3) is 5.92 Å². The Morgan fingerprint density at radius 3 is 2.86 bits per heavy atom. The largest absolute Gasteiger partial charge is 0.358 e. The van der Waals surface area contributed by atoms with Crippen molar-refractivity contribution in [3.63, 3.8) is 0 Å². The van der Waals surface area contributed by atoms with Gasteiger partial charge in [0.1, 0.15) is 0 Å². The highest BCUT2D eigenvalue weighted by Gasteiger charge is 2.31. The molecule has 3 N–H and O–H groups in total. The Labute approximate surface area is 77.2 Å². The summed E-state index contributed by atoms with van der Waals surface area (Å²) < 4.78 is 25.5. The molecule has 1 rings (SSSR count). The molecule has 14 heavy (non-hydrogen) atoms. The van der Waals surface area contributed by atoms with Gasteiger partial charge >= 0.3 is 5.82 Å². The number of rotatable bonds is 4. The fourth-order valence-electron chi connectivity index (χ4n) is 0.943. The fraction of sp³-hybridized carbons (Fsp3) is 0.500. The van der Waals surface area contributed by atoms with Gasteiger partial charge < -0.3 is 15.8 Å². The Morgan fingerprint density at radius 1 is 1.71 bits per heavy atom. The predicted molar refractivity (Wildman–Crippen MR) is 42.9 cm³/mol. The summed E-state index contributed by atoms with van der Waals surface area (Å²) in [5, 5.41) is 15.7. The molecule has 0 aliphatic carbocycles. The minimum atomic E-state index is -3.14. The number of aromatic amines is 1. The first kappa shape index (κ1) is 10.5. The lowest BCUT2D eigenvalue weighted by Gasteiger charge is -2.11. The fourth-order valence-corrected chi connectivity index (χ4v) is 0.943. The topological polar surface area (TPSA) is 97.8 Å². The molecular formula is C6H8F2N4O2. The van der Waals surface area contributed by atoms with Gasteiger partial charge in [-0.1, -0.05) is 5.10 Å². The van der Waals surface area contributed by atoms with Crippen molar-refractivity contribution in [3.8, 4) is 0 Å². The summed E-state index contributed by atoms with van der Waals surface area (Å²) in [4.78, 5) is 9.52. The van der Waals surface area contributed by atoms with E-state index in [1.807, 2.05) is 5.10 Å². The zero-order valence-corrected chi connectivity index (χ0v) is 7.04. The molecule has 0 aliphatic heterocycles. The smallest absolute Gasteiger partial charge is 0.345 e. The summed E-state index contributed by atoms with van der Waals surface area (Å²) >= 11 is 0. The molecule has 0 bridgehead atoms. The molecule has 1 aromatic rings. The summed E-state index contributed by atoms with van der Waals surface area (Å²) in [6.45, 7) is -0.852. The first-order valence-electron chi connectivity index (χ1n) is 3.71. The lowest BCUT2D eigenvalue weighted by molar-refractivity contribution is -0.390. The number of hydrogen-bond acceptors (Lipinski definition) is 4. The van der Waals surface area contributed by atoms with E-state index in [-0.39, 0.29) is 5.56 Å². The van der Waals surface area contributed by atoms with Crippen LogP contribution in [-0.2, 0) is 6.42 Å². The third-order valence-electron chi connectivity index (χ3n) is 1.63. The van der Waals surface area contributed by atoms with E-state index >= 15 is 0 Å². The number of alkyl halides is 2. The van der Waals surface area contributed by atoms with Crippen molar-refractivity contribution < 1.29 is 13.7 Å². The van der Waals surface area contributed by atoms with Crippen LogP contribution in [0.1, 0.15) is 5.56 Å². The molecule has 0 unspecified atom stereocenters. The van der Waals surface area contributed by atoms with Crippen LogP contribution in [0.4, 0.5) is 14.6 Å². The molecule has 78 valence electrons. The Morgan fingerprint density at radius 2 is 2.36 bits per heavy atom. The number of nitrogens with zero attached hydrogens (tertiary/aromatic N) is 2. The van der Waals surface area contributed by atoms with E-state index in [1.165, 1.54) is 0 Å². The molecule has 0 saturated heterocycles. The number of halogens is 2. The van der Waals surface area contributed by atoms with Crippen molar-refractivity contribution in [1.82, 2.24) is 10.2 Å². The Bertz CT molecular complexity index is 338. The molecular weight excluding hydrogens is 198 g/mol. The minimum absolute atomic E-state index is 0.148. The average molecular weight is 206 g/mol. The third-order valence-corrected chi connectivity index (χ3v) is 1.63. The second kappa shape index (κ2) is 3.66. The van der Waals surface area contributed by atoms with E-state index in [2.05, 4.69) is 5.10 Å². The van der Waals surface area contributed by atoms with Gasteiger partial charge in [-0.3, -0.25) is 0 Å². The van der Waals surface area contributed by atoms with E-state index in [0.29, 0.717) is 0 Å². The molecule has 6 nitrogen and oxygen atoms in total. The lowest BCUT2D eigenvalue weighted by Crippen LogP contribution is -2.30. The first-order valence-corrected chi connectivity index (χ1v) is 3.71. The summed E-state index contributed by atoms with van der Waals surface area (Å²) in [6.07, 6.45) is 0.220. The van der Waals surface area contributed by atoms with Gasteiger partial charge in [0, 0.05) is 6.42 Å². The molecule has 8 heteroatoms. The highest BCUT2D eigenvalue weighted by atomic mass is 19.3. The number of nitrogens with two attached hydrogens (primary N) is 1. The van der Waals surface area contributed by atoms with Crippen LogP contribution in [0.15, 0.2) is 6.20 Å². The summed E-state index contributed by atoms with van der Waals surface area (Å²) in [7, 11) is 0. The molecule has 1 heterocycles. The molecule has 0 aliphatic rings. The van der Waals surface area contributed by atoms with E-state index in [0.717, 1.165) is 6.20 Å². The number of nitro groups is 1. The van der Waals surface area contributed by atoms with Gasteiger partial charge in [0.05, 0.1) is 18.3 Å². The SMILES string of the molecule is NCC(F)(F)Cc1cn[nH]c1[N+](=O)[O-]. The van der Waals surface area contributed by atoms with Crippen molar-refractivity contribution >= 4 is 5.82 Å². The van der Waals surface area contributed by atoms with Crippen LogP contribution < -0.4 is 5.73 Å². The molecule has 0 aromatic carbocycles. The van der Waals surface area contributed by atoms with Crippen molar-refractivity contribution in [2.45, 2.75) is 12.3 Å². The van der Waals surface area contributed by atoms with Crippen molar-refractivity contribution in [3.05, 3.63) is 21.9 Å². The maximum Gasteiger partial charge on any atom is 0.345 e. The van der Waals surface area contributed by atoms with Gasteiger partial charge in [-0.05, 0) is 4.92 Å². The Kier molecular flexibility index (Phi) is 2.75. The second-order valence-corrected chi connectivity index (χ2v) is 2.74. The monoisotopic (exact) mass is 206 g/mol. The molecule has 0 radical (unpaired) electrons. The number of hydrogen-bond donors (Lipinski definition) is 2. The standard InChI is InChI=1S/C6H8F2N4O2/c7-6(8,3-9)1-4-2-10-11-5(4)12(13)14/h2H,1,3,9H2,(H,10,11). The number of nitrogens with one attached hydrogen (secondary N) is 1. The summed E-state index contributed by atoms with van der Waals surface area (Å²) in [5.41, 5.74) is 4.65. The van der Waals surface area contributed by atoms with Crippen molar-refractivity contribution in [2.75, 3.05) is 6.54 Å². The summed E-state index contributed by atoms with van der Waals surface area (Å²) in [5.74, 6) is -3.66. The van der Waals surface area contributed by atoms with E-state index < -0.39 is 29.6 Å². The van der Waals surface area contributed by atoms with Gasteiger partial charge in [-0.2, -0.15) is 0 Å². The quantitative estimate of drug-likeness (QED) is 0.552. The molecule has 0 amide bonds. The van der Waals surface area contributed by atoms with E-state index in [1.54, 1.807) is 0 Å². The third kappa shape index (κ3) is 2.22. The van der Waals surface area contributed by atoms with E-state index in [4.69, 9.17) is 5.73 Å². The summed E-state index contributed by atoms with van der Waals surface area (Å²) in [6, 6.07) is 0.